The van der Waals surface area contributed by atoms with Crippen molar-refractivity contribution in [3.05, 3.63) is 33.3 Å². The Kier molecular flexibility index (Phi) is 7.72. The number of rotatable bonds is 8. The van der Waals surface area contributed by atoms with Gasteiger partial charge in [-0.25, -0.2) is 4.98 Å². The largest absolute Gasteiger partial charge is 0.493 e. The van der Waals surface area contributed by atoms with Crippen molar-refractivity contribution >= 4 is 17.3 Å². The molecule has 7 nitrogen and oxygen atoms in total. The lowest BCUT2D eigenvalue weighted by Crippen LogP contribution is -2.37. The number of hydrogen-bond acceptors (Lipinski definition) is 6. The molecule has 2 N–H and O–H groups in total. The lowest BCUT2D eigenvalue weighted by Gasteiger charge is -2.17. The van der Waals surface area contributed by atoms with Gasteiger partial charge in [0.15, 0.2) is 17.5 Å². The van der Waals surface area contributed by atoms with Gasteiger partial charge in [0.1, 0.15) is 0 Å². The predicted octanol–water partition coefficient (Wildman–Crippen LogP) is 2.69. The molecule has 0 amide bonds. The minimum Gasteiger partial charge on any atom is -0.493 e. The molecular formula is C19H28N4O3S. The van der Waals surface area contributed by atoms with Crippen molar-refractivity contribution in [2.45, 2.75) is 26.8 Å². The van der Waals surface area contributed by atoms with Crippen molar-refractivity contribution in [3.8, 4) is 17.2 Å². The smallest absolute Gasteiger partial charge is 0.203 e. The highest BCUT2D eigenvalue weighted by Gasteiger charge is 2.15. The van der Waals surface area contributed by atoms with Crippen LogP contribution in [0, 0.1) is 13.8 Å². The summed E-state index contributed by atoms with van der Waals surface area (Å²) < 4.78 is 16.3. The van der Waals surface area contributed by atoms with Gasteiger partial charge < -0.3 is 24.8 Å². The van der Waals surface area contributed by atoms with Crippen LogP contribution in [0.1, 0.15) is 21.1 Å². The monoisotopic (exact) mass is 392 g/mol. The molecule has 8 heteroatoms. The molecule has 0 aliphatic heterocycles. The summed E-state index contributed by atoms with van der Waals surface area (Å²) in [5.41, 5.74) is 2.06. The van der Waals surface area contributed by atoms with Gasteiger partial charge in [-0.2, -0.15) is 0 Å². The number of aromatic nitrogens is 1. The molecule has 0 saturated carbocycles. The van der Waals surface area contributed by atoms with Crippen molar-refractivity contribution in [2.24, 2.45) is 4.99 Å². The number of benzene rings is 1. The fourth-order valence-corrected chi connectivity index (χ4v) is 3.57. The quantitative estimate of drug-likeness (QED) is 0.531. The van der Waals surface area contributed by atoms with E-state index in [9.17, 15) is 0 Å². The van der Waals surface area contributed by atoms with Crippen molar-refractivity contribution in [3.63, 3.8) is 0 Å². The van der Waals surface area contributed by atoms with Crippen molar-refractivity contribution in [2.75, 3.05) is 34.9 Å². The van der Waals surface area contributed by atoms with E-state index >= 15 is 0 Å². The molecule has 0 atom stereocenters. The molecule has 0 radical (unpaired) electrons. The molecule has 2 rings (SSSR count). The number of aliphatic imine (C=N–C) groups is 1. The number of hydrogen-bond donors (Lipinski definition) is 2. The van der Waals surface area contributed by atoms with Crippen LogP contribution < -0.4 is 24.8 Å². The van der Waals surface area contributed by atoms with Gasteiger partial charge in [0, 0.05) is 37.0 Å². The van der Waals surface area contributed by atoms with Crippen LogP contribution in [0.15, 0.2) is 17.1 Å². The summed E-state index contributed by atoms with van der Waals surface area (Å²) in [5.74, 6) is 2.58. The Balaban J connectivity index is 1.95. The van der Waals surface area contributed by atoms with Gasteiger partial charge in [-0.15, -0.1) is 11.3 Å². The second-order valence-electron chi connectivity index (χ2n) is 5.85. The third kappa shape index (κ3) is 5.26. The van der Waals surface area contributed by atoms with Gasteiger partial charge in [0.25, 0.3) is 0 Å². The van der Waals surface area contributed by atoms with Crippen LogP contribution in [-0.4, -0.2) is 45.9 Å². The molecule has 0 saturated heterocycles. The van der Waals surface area contributed by atoms with Crippen LogP contribution in [0.2, 0.25) is 0 Å². The first kappa shape index (κ1) is 20.8. The molecule has 2 aromatic rings. The van der Waals surface area contributed by atoms with Crippen LogP contribution in [0.3, 0.4) is 0 Å². The van der Waals surface area contributed by atoms with Gasteiger partial charge in [0.2, 0.25) is 5.75 Å². The standard InChI is InChI=1S/C19H28N4O3S/c1-12-13(2)27-16(23-12)9-10-21-19(20-3)22-11-14-7-8-15(24-4)18(26-6)17(14)25-5/h7-8H,9-11H2,1-6H3,(H2,20,21,22). The minimum absolute atomic E-state index is 0.540. The predicted molar refractivity (Wildman–Crippen MR) is 110 cm³/mol. The first-order chi connectivity index (χ1) is 13.0. The van der Waals surface area contributed by atoms with E-state index in [-0.39, 0.29) is 0 Å². The normalized spacial score (nSPS) is 11.3. The average molecular weight is 393 g/mol. The van der Waals surface area contributed by atoms with E-state index in [0.717, 1.165) is 35.2 Å². The van der Waals surface area contributed by atoms with Crippen LogP contribution in [0.5, 0.6) is 17.2 Å². The molecule has 27 heavy (non-hydrogen) atoms. The number of nitrogens with zero attached hydrogens (tertiary/aromatic N) is 2. The maximum atomic E-state index is 5.52. The van der Waals surface area contributed by atoms with E-state index in [1.165, 1.54) is 4.88 Å². The summed E-state index contributed by atoms with van der Waals surface area (Å²) in [6, 6.07) is 3.81. The first-order valence-corrected chi connectivity index (χ1v) is 9.50. The molecule has 1 aromatic heterocycles. The van der Waals surface area contributed by atoms with E-state index < -0.39 is 0 Å². The molecule has 1 heterocycles. The van der Waals surface area contributed by atoms with Crippen molar-refractivity contribution in [1.29, 1.82) is 0 Å². The summed E-state index contributed by atoms with van der Waals surface area (Å²) in [5, 5.41) is 7.75. The number of aryl methyl sites for hydroxylation is 2. The summed E-state index contributed by atoms with van der Waals surface area (Å²) in [4.78, 5) is 10.1. The fraction of sp³-hybridized carbons (Fsp3) is 0.474. The molecule has 148 valence electrons. The molecule has 0 aliphatic rings. The third-order valence-corrected chi connectivity index (χ3v) is 5.29. The van der Waals surface area contributed by atoms with E-state index in [1.54, 1.807) is 39.7 Å². The number of thiazole rings is 1. The summed E-state index contributed by atoms with van der Waals surface area (Å²) in [6.45, 7) is 5.44. The van der Waals surface area contributed by atoms with Gasteiger partial charge in [-0.1, -0.05) is 0 Å². The zero-order chi connectivity index (χ0) is 19.8. The minimum atomic E-state index is 0.540. The molecule has 0 unspecified atom stereocenters. The van der Waals surface area contributed by atoms with E-state index in [4.69, 9.17) is 14.2 Å². The van der Waals surface area contributed by atoms with Gasteiger partial charge in [-0.3, -0.25) is 4.99 Å². The van der Waals surface area contributed by atoms with Crippen LogP contribution in [-0.2, 0) is 13.0 Å². The Morgan fingerprint density at radius 3 is 2.37 bits per heavy atom. The Hall–Kier alpha value is -2.48. The van der Waals surface area contributed by atoms with E-state index in [2.05, 4.69) is 27.5 Å². The summed E-state index contributed by atoms with van der Waals surface area (Å²) >= 11 is 1.74. The lowest BCUT2D eigenvalue weighted by molar-refractivity contribution is 0.322. The molecule has 0 spiro atoms. The first-order valence-electron chi connectivity index (χ1n) is 8.69. The Labute approximate surface area is 164 Å². The highest BCUT2D eigenvalue weighted by atomic mass is 32.1. The highest BCUT2D eigenvalue weighted by molar-refractivity contribution is 7.11. The van der Waals surface area contributed by atoms with Crippen molar-refractivity contribution < 1.29 is 14.2 Å². The molecule has 0 fully saturated rings. The lowest BCUT2D eigenvalue weighted by atomic mass is 10.1. The molecular weight excluding hydrogens is 364 g/mol. The fourth-order valence-electron chi connectivity index (χ4n) is 2.64. The number of guanidine groups is 1. The SMILES string of the molecule is CN=C(NCCc1nc(C)c(C)s1)NCc1ccc(OC)c(OC)c1OC. The van der Waals surface area contributed by atoms with Gasteiger partial charge in [-0.05, 0) is 26.0 Å². The average Bonchev–Trinajstić information content (AvgIpc) is 3.00. The number of nitrogens with one attached hydrogen (secondary N) is 2. The number of ether oxygens (including phenoxy) is 3. The zero-order valence-electron chi connectivity index (χ0n) is 16.8. The zero-order valence-corrected chi connectivity index (χ0v) is 17.6. The van der Waals surface area contributed by atoms with Gasteiger partial charge in [0.05, 0.1) is 32.0 Å². The maximum absolute atomic E-state index is 5.52. The second-order valence-corrected chi connectivity index (χ2v) is 7.13. The Morgan fingerprint density at radius 2 is 1.81 bits per heavy atom. The van der Waals surface area contributed by atoms with E-state index in [0.29, 0.717) is 23.8 Å². The van der Waals surface area contributed by atoms with Crippen LogP contribution in [0.25, 0.3) is 0 Å². The molecule has 0 aliphatic carbocycles. The van der Waals surface area contributed by atoms with Crippen molar-refractivity contribution in [1.82, 2.24) is 15.6 Å². The Morgan fingerprint density at radius 1 is 1.07 bits per heavy atom. The third-order valence-electron chi connectivity index (χ3n) is 4.16. The maximum Gasteiger partial charge on any atom is 0.203 e. The van der Waals surface area contributed by atoms with Crippen LogP contribution in [0.4, 0.5) is 0 Å². The topological polar surface area (TPSA) is 77.0 Å². The second kappa shape index (κ2) is 10.0. The molecule has 0 bridgehead atoms. The highest BCUT2D eigenvalue weighted by Crippen LogP contribution is 2.39. The Bertz CT molecular complexity index is 770. The number of methoxy groups -OCH3 is 3. The summed E-state index contributed by atoms with van der Waals surface area (Å²) in [6.07, 6.45) is 0.861. The summed E-state index contributed by atoms with van der Waals surface area (Å²) in [7, 11) is 6.57. The van der Waals surface area contributed by atoms with Gasteiger partial charge >= 0.3 is 0 Å². The molecule has 1 aromatic carbocycles. The van der Waals surface area contributed by atoms with Crippen LogP contribution >= 0.6 is 11.3 Å². The van der Waals surface area contributed by atoms with E-state index in [1.807, 2.05) is 19.1 Å².